The van der Waals surface area contributed by atoms with E-state index < -0.39 is 10.0 Å². The van der Waals surface area contributed by atoms with Gasteiger partial charge in [0.15, 0.2) is 0 Å². The van der Waals surface area contributed by atoms with Gasteiger partial charge in [-0.15, -0.1) is 0 Å². The number of likely N-dealkylation sites (N-methyl/N-ethyl adjacent to an activating group) is 1. The van der Waals surface area contributed by atoms with Crippen LogP contribution in [-0.4, -0.2) is 33.8 Å². The Bertz CT molecular complexity index is 1090. The highest BCUT2D eigenvalue weighted by Crippen LogP contribution is 2.31. The highest BCUT2D eigenvalue weighted by molar-refractivity contribution is 7.92. The van der Waals surface area contributed by atoms with E-state index in [-0.39, 0.29) is 23.1 Å². The molecule has 2 aromatic rings. The van der Waals surface area contributed by atoms with Crippen LogP contribution in [0.5, 0.6) is 0 Å². The zero-order valence-corrected chi connectivity index (χ0v) is 16.5. The van der Waals surface area contributed by atoms with Gasteiger partial charge < -0.3 is 9.80 Å². The Morgan fingerprint density at radius 1 is 1.00 bits per heavy atom. The third-order valence-electron chi connectivity index (χ3n) is 5.25. The number of benzene rings is 2. The topological polar surface area (TPSA) is 86.8 Å². The number of anilines is 3. The van der Waals surface area contributed by atoms with E-state index in [0.29, 0.717) is 24.2 Å². The SMILES string of the molecule is Cc1cc(NS(=O)(=O)c2ccc3c(c2)CC(=O)N3C)ccc1N1CCCC1=O. The molecule has 2 aromatic carbocycles. The third-order valence-corrected chi connectivity index (χ3v) is 6.63. The predicted molar refractivity (Wildman–Crippen MR) is 107 cm³/mol. The fourth-order valence-electron chi connectivity index (χ4n) is 3.75. The largest absolute Gasteiger partial charge is 0.315 e. The van der Waals surface area contributed by atoms with Crippen molar-refractivity contribution in [2.24, 2.45) is 0 Å². The summed E-state index contributed by atoms with van der Waals surface area (Å²) in [5.41, 5.74) is 3.51. The van der Waals surface area contributed by atoms with Gasteiger partial charge in [-0.05, 0) is 60.9 Å². The smallest absolute Gasteiger partial charge is 0.261 e. The van der Waals surface area contributed by atoms with E-state index >= 15 is 0 Å². The van der Waals surface area contributed by atoms with Crippen molar-refractivity contribution in [2.75, 3.05) is 28.1 Å². The van der Waals surface area contributed by atoms with Gasteiger partial charge in [-0.1, -0.05) is 0 Å². The molecular formula is C20H21N3O4S. The van der Waals surface area contributed by atoms with Crippen LogP contribution in [-0.2, 0) is 26.0 Å². The van der Waals surface area contributed by atoms with E-state index in [1.165, 1.54) is 11.0 Å². The van der Waals surface area contributed by atoms with Crippen molar-refractivity contribution in [1.82, 2.24) is 0 Å². The van der Waals surface area contributed by atoms with Crippen LogP contribution in [0.25, 0.3) is 0 Å². The second-order valence-corrected chi connectivity index (χ2v) is 8.86. The van der Waals surface area contributed by atoms with Crippen molar-refractivity contribution in [3.05, 3.63) is 47.5 Å². The van der Waals surface area contributed by atoms with Crippen molar-refractivity contribution >= 4 is 38.9 Å². The summed E-state index contributed by atoms with van der Waals surface area (Å²) in [6, 6.07) is 9.86. The maximum atomic E-state index is 12.8. The molecule has 0 aliphatic carbocycles. The number of carbonyl (C=O) groups is 2. The Labute approximate surface area is 164 Å². The van der Waals surface area contributed by atoms with E-state index in [9.17, 15) is 18.0 Å². The lowest BCUT2D eigenvalue weighted by Crippen LogP contribution is -2.24. The summed E-state index contributed by atoms with van der Waals surface area (Å²) in [4.78, 5) is 27.2. The Hall–Kier alpha value is -2.87. The second kappa shape index (κ2) is 6.63. The van der Waals surface area contributed by atoms with E-state index in [2.05, 4.69) is 4.72 Å². The third kappa shape index (κ3) is 3.13. The van der Waals surface area contributed by atoms with Gasteiger partial charge in [0.05, 0.1) is 11.3 Å². The zero-order chi connectivity index (χ0) is 20.1. The van der Waals surface area contributed by atoms with Crippen LogP contribution in [0, 0.1) is 6.92 Å². The minimum atomic E-state index is -3.79. The van der Waals surface area contributed by atoms with Gasteiger partial charge in [-0.3, -0.25) is 14.3 Å². The average molecular weight is 399 g/mol. The Balaban J connectivity index is 1.59. The monoisotopic (exact) mass is 399 g/mol. The van der Waals surface area contributed by atoms with Crippen molar-refractivity contribution in [2.45, 2.75) is 31.1 Å². The minimum Gasteiger partial charge on any atom is -0.315 e. The molecule has 28 heavy (non-hydrogen) atoms. The Morgan fingerprint density at radius 2 is 1.75 bits per heavy atom. The van der Waals surface area contributed by atoms with Crippen LogP contribution >= 0.6 is 0 Å². The number of hydrogen-bond donors (Lipinski definition) is 1. The fourth-order valence-corrected chi connectivity index (χ4v) is 4.85. The van der Waals surface area contributed by atoms with Crippen LogP contribution < -0.4 is 14.5 Å². The summed E-state index contributed by atoms with van der Waals surface area (Å²) < 4.78 is 28.2. The number of aryl methyl sites for hydroxylation is 1. The first-order valence-electron chi connectivity index (χ1n) is 9.09. The molecule has 2 aliphatic heterocycles. The first-order valence-corrected chi connectivity index (χ1v) is 10.6. The van der Waals surface area contributed by atoms with Gasteiger partial charge in [0, 0.05) is 37.1 Å². The van der Waals surface area contributed by atoms with Gasteiger partial charge in [0.2, 0.25) is 11.8 Å². The molecule has 2 heterocycles. The van der Waals surface area contributed by atoms with Gasteiger partial charge >= 0.3 is 0 Å². The van der Waals surface area contributed by atoms with Gasteiger partial charge in [-0.2, -0.15) is 0 Å². The summed E-state index contributed by atoms with van der Waals surface area (Å²) in [5, 5.41) is 0. The molecule has 0 atom stereocenters. The number of fused-ring (bicyclic) bond motifs is 1. The molecule has 0 radical (unpaired) electrons. The van der Waals surface area contributed by atoms with Crippen LogP contribution in [0.15, 0.2) is 41.3 Å². The van der Waals surface area contributed by atoms with Gasteiger partial charge in [-0.25, -0.2) is 8.42 Å². The van der Waals surface area contributed by atoms with Crippen LogP contribution in [0.2, 0.25) is 0 Å². The molecule has 4 rings (SSSR count). The van der Waals surface area contributed by atoms with E-state index in [0.717, 1.165) is 23.4 Å². The molecule has 1 fully saturated rings. The zero-order valence-electron chi connectivity index (χ0n) is 15.7. The van der Waals surface area contributed by atoms with E-state index in [4.69, 9.17) is 0 Å². The van der Waals surface area contributed by atoms with Crippen molar-refractivity contribution in [3.8, 4) is 0 Å². The molecule has 8 heteroatoms. The molecule has 0 bridgehead atoms. The van der Waals surface area contributed by atoms with Crippen molar-refractivity contribution < 1.29 is 18.0 Å². The number of rotatable bonds is 4. The van der Waals surface area contributed by atoms with Gasteiger partial charge in [0.1, 0.15) is 0 Å². The number of nitrogens with zero attached hydrogens (tertiary/aromatic N) is 2. The lowest BCUT2D eigenvalue weighted by Gasteiger charge is -2.19. The second-order valence-electron chi connectivity index (χ2n) is 7.18. The summed E-state index contributed by atoms with van der Waals surface area (Å²) in [7, 11) is -2.11. The predicted octanol–water partition coefficient (Wildman–Crippen LogP) is 2.44. The molecular weight excluding hydrogens is 378 g/mol. The lowest BCUT2D eigenvalue weighted by atomic mass is 10.1. The molecule has 0 unspecified atom stereocenters. The Kier molecular flexibility index (Phi) is 4.38. The van der Waals surface area contributed by atoms with Crippen molar-refractivity contribution in [3.63, 3.8) is 0 Å². The number of sulfonamides is 1. The van der Waals surface area contributed by atoms with Crippen LogP contribution in [0.3, 0.4) is 0 Å². The highest BCUT2D eigenvalue weighted by Gasteiger charge is 2.27. The minimum absolute atomic E-state index is 0.0554. The number of nitrogens with one attached hydrogen (secondary N) is 1. The molecule has 0 spiro atoms. The molecule has 2 amide bonds. The standard InChI is InChI=1S/C20H21N3O4S/c1-13-10-15(5-7-17(13)23-9-3-4-19(23)24)21-28(26,27)16-6-8-18-14(11-16)12-20(25)22(18)2/h5-8,10-11,21H,3-4,9,12H2,1-2H3. The van der Waals surface area contributed by atoms with E-state index in [1.54, 1.807) is 42.3 Å². The van der Waals surface area contributed by atoms with Crippen molar-refractivity contribution in [1.29, 1.82) is 0 Å². The number of amides is 2. The first kappa shape index (κ1) is 18.5. The average Bonchev–Trinajstić information content (AvgIpc) is 3.18. The van der Waals surface area contributed by atoms with E-state index in [1.807, 2.05) is 6.92 Å². The summed E-state index contributed by atoms with van der Waals surface area (Å²) in [6.07, 6.45) is 1.58. The normalized spacial score (nSPS) is 16.6. The fraction of sp³-hybridized carbons (Fsp3) is 0.300. The summed E-state index contributed by atoms with van der Waals surface area (Å²) >= 11 is 0. The molecule has 1 saturated heterocycles. The molecule has 0 saturated carbocycles. The molecule has 0 aromatic heterocycles. The molecule has 2 aliphatic rings. The molecule has 1 N–H and O–H groups in total. The number of hydrogen-bond acceptors (Lipinski definition) is 4. The quantitative estimate of drug-likeness (QED) is 0.856. The van der Waals surface area contributed by atoms with Gasteiger partial charge in [0.25, 0.3) is 10.0 Å². The number of carbonyl (C=O) groups excluding carboxylic acids is 2. The highest BCUT2D eigenvalue weighted by atomic mass is 32.2. The summed E-state index contributed by atoms with van der Waals surface area (Å²) in [5.74, 6) is 0.0364. The summed E-state index contributed by atoms with van der Waals surface area (Å²) in [6.45, 7) is 2.54. The maximum Gasteiger partial charge on any atom is 0.261 e. The van der Waals surface area contributed by atoms with Crippen LogP contribution in [0.4, 0.5) is 17.1 Å². The first-order chi connectivity index (χ1) is 13.3. The molecule has 146 valence electrons. The molecule has 7 nitrogen and oxygen atoms in total. The lowest BCUT2D eigenvalue weighted by molar-refractivity contribution is -0.117. The Morgan fingerprint density at radius 3 is 2.43 bits per heavy atom. The maximum absolute atomic E-state index is 12.8. The van der Waals surface area contributed by atoms with Crippen LogP contribution in [0.1, 0.15) is 24.0 Å².